The second-order valence-electron chi connectivity index (χ2n) is 5.87. The van der Waals surface area contributed by atoms with Gasteiger partial charge in [-0.2, -0.15) is 0 Å². The van der Waals surface area contributed by atoms with Crippen LogP contribution in [0.3, 0.4) is 0 Å². The van der Waals surface area contributed by atoms with Gasteiger partial charge in [0.15, 0.2) is 5.82 Å². The van der Waals surface area contributed by atoms with Crippen molar-refractivity contribution >= 4 is 27.4 Å². The number of thiophene rings is 1. The Morgan fingerprint density at radius 2 is 2.00 bits per heavy atom. The molecule has 0 aliphatic heterocycles. The Kier molecular flexibility index (Phi) is 4.40. The SMILES string of the molecule is CNc1nc(COCC2CCCC2)nc2sc(C)c(C)c12. The van der Waals surface area contributed by atoms with Crippen LogP contribution >= 0.6 is 11.3 Å². The van der Waals surface area contributed by atoms with Gasteiger partial charge in [-0.25, -0.2) is 9.97 Å². The van der Waals surface area contributed by atoms with Crippen molar-refractivity contribution in [2.24, 2.45) is 5.92 Å². The highest BCUT2D eigenvalue weighted by molar-refractivity contribution is 7.18. The van der Waals surface area contributed by atoms with Gasteiger partial charge in [-0.1, -0.05) is 12.8 Å². The molecule has 114 valence electrons. The van der Waals surface area contributed by atoms with Gasteiger partial charge >= 0.3 is 0 Å². The van der Waals surface area contributed by atoms with E-state index in [2.05, 4.69) is 29.1 Å². The molecule has 4 nitrogen and oxygen atoms in total. The number of aryl methyl sites for hydroxylation is 2. The number of nitrogens with zero attached hydrogens (tertiary/aromatic N) is 2. The minimum atomic E-state index is 0.511. The number of rotatable bonds is 5. The van der Waals surface area contributed by atoms with Crippen molar-refractivity contribution < 1.29 is 4.74 Å². The van der Waals surface area contributed by atoms with Gasteiger partial charge in [0.05, 0.1) is 5.39 Å². The van der Waals surface area contributed by atoms with Crippen LogP contribution in [0, 0.1) is 19.8 Å². The molecule has 0 spiro atoms. The lowest BCUT2D eigenvalue weighted by atomic mass is 10.1. The zero-order valence-electron chi connectivity index (χ0n) is 13.0. The molecule has 21 heavy (non-hydrogen) atoms. The monoisotopic (exact) mass is 305 g/mol. The van der Waals surface area contributed by atoms with Crippen molar-refractivity contribution in [3.05, 3.63) is 16.3 Å². The molecule has 1 fully saturated rings. The van der Waals surface area contributed by atoms with E-state index in [-0.39, 0.29) is 0 Å². The quantitative estimate of drug-likeness (QED) is 0.905. The molecule has 0 unspecified atom stereocenters. The Bertz CT molecular complexity index is 632. The van der Waals surface area contributed by atoms with Crippen LogP contribution in [-0.4, -0.2) is 23.6 Å². The fourth-order valence-electron chi connectivity index (χ4n) is 3.03. The van der Waals surface area contributed by atoms with Gasteiger partial charge in [-0.15, -0.1) is 11.3 Å². The van der Waals surface area contributed by atoms with Gasteiger partial charge in [0.1, 0.15) is 17.3 Å². The number of nitrogens with one attached hydrogen (secondary N) is 1. The second-order valence-corrected chi connectivity index (χ2v) is 7.07. The lowest BCUT2D eigenvalue weighted by Crippen LogP contribution is -2.08. The summed E-state index contributed by atoms with van der Waals surface area (Å²) >= 11 is 1.73. The lowest BCUT2D eigenvalue weighted by molar-refractivity contribution is 0.0846. The summed E-state index contributed by atoms with van der Waals surface area (Å²) in [5.74, 6) is 2.44. The molecular formula is C16H23N3OS. The minimum Gasteiger partial charge on any atom is -0.373 e. The predicted molar refractivity (Wildman–Crippen MR) is 88.0 cm³/mol. The van der Waals surface area contributed by atoms with Gasteiger partial charge in [-0.3, -0.25) is 0 Å². The van der Waals surface area contributed by atoms with Gasteiger partial charge in [0.25, 0.3) is 0 Å². The third-order valence-electron chi connectivity index (χ3n) is 4.37. The van der Waals surface area contributed by atoms with Crippen molar-refractivity contribution in [2.75, 3.05) is 19.0 Å². The molecule has 0 aromatic carbocycles. The molecule has 0 bridgehead atoms. The summed E-state index contributed by atoms with van der Waals surface area (Å²) in [6, 6.07) is 0. The Morgan fingerprint density at radius 1 is 1.24 bits per heavy atom. The van der Waals surface area contributed by atoms with Crippen molar-refractivity contribution in [1.82, 2.24) is 9.97 Å². The maximum atomic E-state index is 5.84. The molecule has 0 saturated heterocycles. The summed E-state index contributed by atoms with van der Waals surface area (Å²) in [4.78, 5) is 11.7. The molecule has 0 amide bonds. The van der Waals surface area contributed by atoms with Crippen LogP contribution in [0.1, 0.15) is 41.9 Å². The van der Waals surface area contributed by atoms with E-state index < -0.39 is 0 Å². The van der Waals surface area contributed by atoms with Crippen molar-refractivity contribution in [3.63, 3.8) is 0 Å². The third-order valence-corrected chi connectivity index (χ3v) is 5.47. The summed E-state index contributed by atoms with van der Waals surface area (Å²) < 4.78 is 5.84. The summed E-state index contributed by atoms with van der Waals surface area (Å²) in [5, 5.41) is 4.35. The molecule has 0 radical (unpaired) electrons. The Morgan fingerprint density at radius 3 is 2.71 bits per heavy atom. The minimum absolute atomic E-state index is 0.511. The Labute approximate surface area is 129 Å². The number of aromatic nitrogens is 2. The van der Waals surface area contributed by atoms with Crippen LogP contribution in [0.15, 0.2) is 0 Å². The summed E-state index contributed by atoms with van der Waals surface area (Å²) in [7, 11) is 1.91. The third kappa shape index (κ3) is 3.04. The number of anilines is 1. The number of hydrogen-bond donors (Lipinski definition) is 1. The van der Waals surface area contributed by atoms with E-state index in [0.717, 1.165) is 34.4 Å². The van der Waals surface area contributed by atoms with Gasteiger partial charge in [0, 0.05) is 18.5 Å². The summed E-state index contributed by atoms with van der Waals surface area (Å²) in [6.45, 7) is 5.63. The van der Waals surface area contributed by atoms with Crippen LogP contribution in [0.25, 0.3) is 10.2 Å². The molecule has 1 saturated carbocycles. The van der Waals surface area contributed by atoms with Crippen LogP contribution in [0.4, 0.5) is 5.82 Å². The fraction of sp³-hybridized carbons (Fsp3) is 0.625. The Hall–Kier alpha value is -1.20. The highest BCUT2D eigenvalue weighted by Crippen LogP contribution is 2.33. The topological polar surface area (TPSA) is 47.0 Å². The molecule has 5 heteroatoms. The van der Waals surface area contributed by atoms with E-state index in [4.69, 9.17) is 4.74 Å². The highest BCUT2D eigenvalue weighted by atomic mass is 32.1. The average molecular weight is 305 g/mol. The standard InChI is InChI=1S/C16H23N3OS/c1-10-11(2)21-16-14(10)15(17-3)18-13(19-16)9-20-8-12-6-4-5-7-12/h12H,4-9H2,1-3H3,(H,17,18,19). The fourth-order valence-corrected chi connectivity index (χ4v) is 4.08. The zero-order valence-corrected chi connectivity index (χ0v) is 13.8. The van der Waals surface area contributed by atoms with Crippen LogP contribution in [0.5, 0.6) is 0 Å². The van der Waals surface area contributed by atoms with Crippen molar-refractivity contribution in [2.45, 2.75) is 46.1 Å². The number of ether oxygens (including phenoxy) is 1. The first-order valence-electron chi connectivity index (χ1n) is 7.71. The van der Waals surface area contributed by atoms with E-state index in [9.17, 15) is 0 Å². The smallest absolute Gasteiger partial charge is 0.158 e. The van der Waals surface area contributed by atoms with Crippen LogP contribution < -0.4 is 5.32 Å². The normalized spacial score (nSPS) is 16.0. The van der Waals surface area contributed by atoms with E-state index in [1.807, 2.05) is 7.05 Å². The second kappa shape index (κ2) is 6.28. The molecule has 1 N–H and O–H groups in total. The molecule has 1 aliphatic carbocycles. The first kappa shape index (κ1) is 14.7. The lowest BCUT2D eigenvalue weighted by Gasteiger charge is -2.10. The van der Waals surface area contributed by atoms with E-state index in [1.54, 1.807) is 11.3 Å². The molecule has 0 atom stereocenters. The number of hydrogen-bond acceptors (Lipinski definition) is 5. The van der Waals surface area contributed by atoms with Gasteiger partial charge in [-0.05, 0) is 38.2 Å². The first-order valence-corrected chi connectivity index (χ1v) is 8.52. The maximum Gasteiger partial charge on any atom is 0.158 e. The first-order chi connectivity index (χ1) is 10.2. The number of fused-ring (bicyclic) bond motifs is 1. The van der Waals surface area contributed by atoms with Crippen LogP contribution in [-0.2, 0) is 11.3 Å². The maximum absolute atomic E-state index is 5.84. The molecule has 2 aromatic heterocycles. The van der Waals surface area contributed by atoms with E-state index in [0.29, 0.717) is 6.61 Å². The molecule has 2 aromatic rings. The van der Waals surface area contributed by atoms with Crippen molar-refractivity contribution in [3.8, 4) is 0 Å². The average Bonchev–Trinajstić information content (AvgIpc) is 3.08. The predicted octanol–water partition coefficient (Wildman–Crippen LogP) is 4.06. The van der Waals surface area contributed by atoms with Gasteiger partial charge < -0.3 is 10.1 Å². The Balaban J connectivity index is 1.76. The molecular weight excluding hydrogens is 282 g/mol. The molecule has 1 aliphatic rings. The summed E-state index contributed by atoms with van der Waals surface area (Å²) in [5.41, 5.74) is 1.28. The van der Waals surface area contributed by atoms with E-state index >= 15 is 0 Å². The summed E-state index contributed by atoms with van der Waals surface area (Å²) in [6.07, 6.45) is 5.33. The molecule has 3 rings (SSSR count). The largest absolute Gasteiger partial charge is 0.373 e. The van der Waals surface area contributed by atoms with Gasteiger partial charge in [0.2, 0.25) is 0 Å². The highest BCUT2D eigenvalue weighted by Gasteiger charge is 2.16. The van der Waals surface area contributed by atoms with Crippen LogP contribution in [0.2, 0.25) is 0 Å². The van der Waals surface area contributed by atoms with Crippen molar-refractivity contribution in [1.29, 1.82) is 0 Å². The zero-order chi connectivity index (χ0) is 14.8. The molecule has 2 heterocycles. The van der Waals surface area contributed by atoms with E-state index in [1.165, 1.54) is 36.1 Å².